The van der Waals surface area contributed by atoms with Gasteiger partial charge in [-0.15, -0.1) is 6.92 Å². The van der Waals surface area contributed by atoms with Crippen LogP contribution < -0.4 is 24.8 Å². The van der Waals surface area contributed by atoms with Crippen molar-refractivity contribution in [1.29, 1.82) is 0 Å². The SMILES string of the molecule is CC1=[C-]C(C)C(C)=C1C.Cc1cc2c([cH-]1)CCCC2c1ccc(C(F)(F)F)cc1.[Cl-].[Cl-].[Zr+4]. The third-order valence-electron chi connectivity index (χ3n) is 6.35. The maximum atomic E-state index is 12.6. The monoisotopic (exact) mass is 558 g/mol. The van der Waals surface area contributed by atoms with Gasteiger partial charge in [-0.1, -0.05) is 70.6 Å². The third kappa shape index (κ3) is 7.15. The van der Waals surface area contributed by atoms with Gasteiger partial charge in [0.15, 0.2) is 0 Å². The van der Waals surface area contributed by atoms with Crippen LogP contribution in [-0.2, 0) is 38.8 Å². The van der Waals surface area contributed by atoms with Gasteiger partial charge in [0.05, 0.1) is 5.56 Å². The predicted molar refractivity (Wildman–Crippen MR) is 113 cm³/mol. The van der Waals surface area contributed by atoms with Crippen LogP contribution in [0.25, 0.3) is 0 Å². The van der Waals surface area contributed by atoms with E-state index in [4.69, 9.17) is 0 Å². The third-order valence-corrected chi connectivity index (χ3v) is 6.35. The van der Waals surface area contributed by atoms with Crippen LogP contribution in [0.2, 0.25) is 0 Å². The standard InChI is InChI=1S/C17H16F3.C9H13.2ClH.Zr/c1-11-9-13-3-2-4-15(16(13)10-11)12-5-7-14(8-6-12)17(18,19)20;1-6-5-7(2)9(4)8(6)3;;;/h5-10,15H,2-4H2,1H3;6H,1-4H3;2*1H;/q2*-1;;;+4/p-2. The van der Waals surface area contributed by atoms with Crippen LogP contribution in [0.15, 0.2) is 53.1 Å². The Morgan fingerprint density at radius 1 is 1.00 bits per heavy atom. The molecular formula is C26H29Cl2F3Zr. The first-order valence-corrected chi connectivity index (χ1v) is 10.3. The Balaban J connectivity index is 0.000000690. The van der Waals surface area contributed by atoms with Crippen molar-refractivity contribution < 1.29 is 64.2 Å². The summed E-state index contributed by atoms with van der Waals surface area (Å²) in [5, 5.41) is 0. The van der Waals surface area contributed by atoms with E-state index in [1.165, 1.54) is 45.5 Å². The second-order valence-corrected chi connectivity index (χ2v) is 8.38. The first-order chi connectivity index (χ1) is 13.6. The molecule has 2 unspecified atom stereocenters. The maximum Gasteiger partial charge on any atom is 4.00 e. The molecule has 0 saturated heterocycles. The number of hydrogen-bond donors (Lipinski definition) is 0. The van der Waals surface area contributed by atoms with Crippen LogP contribution in [0.5, 0.6) is 0 Å². The molecule has 0 heterocycles. The fourth-order valence-corrected chi connectivity index (χ4v) is 4.34. The molecule has 6 heteroatoms. The Morgan fingerprint density at radius 2 is 1.59 bits per heavy atom. The van der Waals surface area contributed by atoms with Crippen LogP contribution in [0.4, 0.5) is 13.2 Å². The van der Waals surface area contributed by atoms with Crippen molar-refractivity contribution >= 4 is 0 Å². The van der Waals surface area contributed by atoms with Gasteiger partial charge in [0.1, 0.15) is 0 Å². The van der Waals surface area contributed by atoms with E-state index in [-0.39, 0.29) is 56.9 Å². The van der Waals surface area contributed by atoms with E-state index < -0.39 is 11.7 Å². The average molecular weight is 561 g/mol. The van der Waals surface area contributed by atoms with Crippen LogP contribution in [0, 0.1) is 18.9 Å². The molecule has 32 heavy (non-hydrogen) atoms. The zero-order chi connectivity index (χ0) is 21.3. The van der Waals surface area contributed by atoms with Gasteiger partial charge in [0, 0.05) is 0 Å². The van der Waals surface area contributed by atoms with E-state index in [1.807, 2.05) is 0 Å². The Morgan fingerprint density at radius 3 is 2.03 bits per heavy atom. The van der Waals surface area contributed by atoms with Crippen molar-refractivity contribution in [3.63, 3.8) is 0 Å². The first-order valence-electron chi connectivity index (χ1n) is 10.3. The van der Waals surface area contributed by atoms with Crippen LogP contribution >= 0.6 is 0 Å². The maximum absolute atomic E-state index is 12.6. The molecular weight excluding hydrogens is 531 g/mol. The van der Waals surface area contributed by atoms with Gasteiger partial charge < -0.3 is 24.8 Å². The summed E-state index contributed by atoms with van der Waals surface area (Å²) in [6.07, 6.45) is 2.30. The number of allylic oxidation sites excluding steroid dienone is 4. The van der Waals surface area contributed by atoms with Gasteiger partial charge in [-0.3, -0.25) is 6.08 Å². The molecule has 2 aliphatic carbocycles. The summed E-state index contributed by atoms with van der Waals surface area (Å²) in [4.78, 5) is 0. The Hall–Kier alpha value is -0.697. The molecule has 0 fully saturated rings. The van der Waals surface area contributed by atoms with Gasteiger partial charge in [0.2, 0.25) is 0 Å². The number of fused-ring (bicyclic) bond motifs is 1. The smallest absolute Gasteiger partial charge is 1.00 e. The molecule has 0 aliphatic heterocycles. The number of hydrogen-bond acceptors (Lipinski definition) is 0. The normalized spacial score (nSPS) is 19.4. The summed E-state index contributed by atoms with van der Waals surface area (Å²) in [6.45, 7) is 10.7. The predicted octanol–water partition coefficient (Wildman–Crippen LogP) is 1.93. The van der Waals surface area contributed by atoms with Crippen LogP contribution in [0.1, 0.15) is 74.3 Å². The summed E-state index contributed by atoms with van der Waals surface area (Å²) in [7, 11) is 0. The molecule has 2 aliphatic rings. The van der Waals surface area contributed by atoms with Crippen LogP contribution in [-0.4, -0.2) is 0 Å². The largest absolute Gasteiger partial charge is 4.00 e. The zero-order valence-electron chi connectivity index (χ0n) is 19.1. The van der Waals surface area contributed by atoms with E-state index in [2.05, 4.69) is 52.8 Å². The number of alkyl halides is 3. The van der Waals surface area contributed by atoms with Gasteiger partial charge in [0.25, 0.3) is 0 Å². The Kier molecular flexibility index (Phi) is 12.4. The van der Waals surface area contributed by atoms with E-state index in [1.54, 1.807) is 12.1 Å². The van der Waals surface area contributed by atoms with E-state index in [0.717, 1.165) is 24.8 Å². The van der Waals surface area contributed by atoms with Crippen molar-refractivity contribution in [2.75, 3.05) is 0 Å². The van der Waals surface area contributed by atoms with E-state index in [0.29, 0.717) is 5.92 Å². The molecule has 0 saturated carbocycles. The minimum Gasteiger partial charge on any atom is -1.00 e. The summed E-state index contributed by atoms with van der Waals surface area (Å²) in [5.74, 6) is 0.805. The molecule has 2 atom stereocenters. The van der Waals surface area contributed by atoms with Crippen molar-refractivity contribution in [1.82, 2.24) is 0 Å². The Bertz CT molecular complexity index is 937. The minimum absolute atomic E-state index is 0. The summed E-state index contributed by atoms with van der Waals surface area (Å²) in [6, 6.07) is 10.0. The number of benzene rings is 1. The summed E-state index contributed by atoms with van der Waals surface area (Å²) >= 11 is 0. The van der Waals surface area contributed by atoms with E-state index >= 15 is 0 Å². The molecule has 4 rings (SSSR count). The zero-order valence-corrected chi connectivity index (χ0v) is 23.1. The number of aryl methyl sites for hydroxylation is 2. The molecule has 0 N–H and O–H groups in total. The molecule has 0 spiro atoms. The molecule has 0 bridgehead atoms. The van der Waals surface area contributed by atoms with Gasteiger partial charge in [-0.25, -0.2) is 11.6 Å². The summed E-state index contributed by atoms with van der Waals surface area (Å²) < 4.78 is 37.8. The fourth-order valence-electron chi connectivity index (χ4n) is 4.34. The van der Waals surface area contributed by atoms with Crippen molar-refractivity contribution in [2.45, 2.75) is 66.0 Å². The van der Waals surface area contributed by atoms with Crippen LogP contribution in [0.3, 0.4) is 0 Å². The first kappa shape index (κ1) is 31.3. The fraction of sp³-hybridized carbons (Fsp3) is 0.423. The molecule has 0 radical (unpaired) electrons. The Labute approximate surface area is 222 Å². The van der Waals surface area contributed by atoms with Gasteiger partial charge in [-0.2, -0.15) is 47.1 Å². The molecule has 2 aromatic carbocycles. The molecule has 0 nitrogen and oxygen atoms in total. The minimum atomic E-state index is -4.26. The molecule has 0 aromatic heterocycles. The van der Waals surface area contributed by atoms with Crippen molar-refractivity contribution in [3.05, 3.63) is 87.0 Å². The second kappa shape index (κ2) is 12.7. The quantitative estimate of drug-likeness (QED) is 0.468. The number of rotatable bonds is 1. The van der Waals surface area contributed by atoms with E-state index in [9.17, 15) is 13.2 Å². The van der Waals surface area contributed by atoms with Gasteiger partial charge >= 0.3 is 32.4 Å². The molecule has 0 amide bonds. The van der Waals surface area contributed by atoms with Crippen molar-refractivity contribution in [2.24, 2.45) is 5.92 Å². The average Bonchev–Trinajstić information content (AvgIpc) is 3.15. The molecule has 172 valence electrons. The molecule has 2 aromatic rings. The number of halogens is 5. The van der Waals surface area contributed by atoms with Gasteiger partial charge in [-0.05, 0) is 18.1 Å². The van der Waals surface area contributed by atoms with Crippen molar-refractivity contribution in [3.8, 4) is 0 Å². The summed E-state index contributed by atoms with van der Waals surface area (Å²) in [5.41, 5.74) is 8.57. The topological polar surface area (TPSA) is 0 Å². The second-order valence-electron chi connectivity index (χ2n) is 8.38.